The fourth-order valence-corrected chi connectivity index (χ4v) is 4.19. The molecule has 4 heteroatoms. The van der Waals surface area contributed by atoms with E-state index in [2.05, 4.69) is 78.4 Å². The largest absolute Gasteiger partial charge is 0.493 e. The SMILES string of the molecule is Cc1cccc(C)c1OCCCCn1c(-c2cccs2)nc2ccccc21. The lowest BCUT2D eigenvalue weighted by atomic mass is 10.1. The molecule has 138 valence electrons. The highest BCUT2D eigenvalue weighted by Crippen LogP contribution is 2.28. The van der Waals surface area contributed by atoms with Crippen LogP contribution in [0.5, 0.6) is 5.75 Å². The molecule has 3 nitrogen and oxygen atoms in total. The van der Waals surface area contributed by atoms with Crippen molar-refractivity contribution in [2.75, 3.05) is 6.61 Å². The number of fused-ring (bicyclic) bond motifs is 1. The number of rotatable bonds is 7. The summed E-state index contributed by atoms with van der Waals surface area (Å²) in [5.74, 6) is 2.10. The average Bonchev–Trinajstić information content (AvgIpc) is 3.31. The number of unbranched alkanes of at least 4 members (excludes halogenated alkanes) is 1. The number of thiophene rings is 1. The van der Waals surface area contributed by atoms with Gasteiger partial charge in [0.25, 0.3) is 0 Å². The van der Waals surface area contributed by atoms with Crippen LogP contribution in [-0.2, 0) is 6.54 Å². The molecule has 0 aliphatic heterocycles. The summed E-state index contributed by atoms with van der Waals surface area (Å²) in [4.78, 5) is 6.09. The molecule has 0 saturated heterocycles. The molecule has 0 aliphatic carbocycles. The molecule has 2 aromatic carbocycles. The van der Waals surface area contributed by atoms with E-state index in [0.29, 0.717) is 0 Å². The van der Waals surface area contributed by atoms with Gasteiger partial charge < -0.3 is 9.30 Å². The maximum absolute atomic E-state index is 6.05. The van der Waals surface area contributed by atoms with Gasteiger partial charge in [0.15, 0.2) is 5.82 Å². The van der Waals surface area contributed by atoms with Crippen LogP contribution in [0.1, 0.15) is 24.0 Å². The highest BCUT2D eigenvalue weighted by atomic mass is 32.1. The summed E-state index contributed by atoms with van der Waals surface area (Å²) in [6.07, 6.45) is 2.08. The predicted molar refractivity (Wildman–Crippen MR) is 114 cm³/mol. The third-order valence-corrected chi connectivity index (χ3v) is 5.69. The number of hydrogen-bond acceptors (Lipinski definition) is 3. The second-order valence-electron chi connectivity index (χ2n) is 6.83. The van der Waals surface area contributed by atoms with Crippen LogP contribution in [0.3, 0.4) is 0 Å². The van der Waals surface area contributed by atoms with Crippen LogP contribution in [0.4, 0.5) is 0 Å². The third-order valence-electron chi connectivity index (χ3n) is 4.83. The van der Waals surface area contributed by atoms with E-state index in [4.69, 9.17) is 9.72 Å². The van der Waals surface area contributed by atoms with Crippen molar-refractivity contribution in [3.63, 3.8) is 0 Å². The van der Waals surface area contributed by atoms with Crippen LogP contribution >= 0.6 is 11.3 Å². The van der Waals surface area contributed by atoms with Crippen molar-refractivity contribution in [3.8, 4) is 16.5 Å². The minimum absolute atomic E-state index is 0.743. The molecule has 0 radical (unpaired) electrons. The second-order valence-corrected chi connectivity index (χ2v) is 7.78. The van der Waals surface area contributed by atoms with Crippen LogP contribution in [-0.4, -0.2) is 16.2 Å². The smallest absolute Gasteiger partial charge is 0.151 e. The minimum Gasteiger partial charge on any atom is -0.493 e. The summed E-state index contributed by atoms with van der Waals surface area (Å²) in [5, 5.41) is 2.11. The van der Waals surface area contributed by atoms with Gasteiger partial charge in [-0.2, -0.15) is 0 Å². The molecular weight excluding hydrogens is 352 g/mol. The van der Waals surface area contributed by atoms with Crippen LogP contribution in [0.15, 0.2) is 60.0 Å². The monoisotopic (exact) mass is 376 g/mol. The van der Waals surface area contributed by atoms with Gasteiger partial charge in [0, 0.05) is 6.54 Å². The zero-order valence-electron chi connectivity index (χ0n) is 15.8. The van der Waals surface area contributed by atoms with Gasteiger partial charge in [0.2, 0.25) is 0 Å². The number of hydrogen-bond donors (Lipinski definition) is 0. The highest BCUT2D eigenvalue weighted by molar-refractivity contribution is 7.13. The van der Waals surface area contributed by atoms with E-state index in [-0.39, 0.29) is 0 Å². The molecule has 0 saturated carbocycles. The first-order valence-corrected chi connectivity index (χ1v) is 10.3. The first kappa shape index (κ1) is 17.8. The zero-order valence-corrected chi connectivity index (χ0v) is 16.6. The standard InChI is InChI=1S/C23H24N2OS/c1-17-9-7-10-18(2)22(17)26-15-6-5-14-25-20-12-4-3-11-19(20)24-23(25)21-13-8-16-27-21/h3-4,7-13,16H,5-6,14-15H2,1-2H3. The molecule has 2 aromatic heterocycles. The molecule has 0 aliphatic rings. The molecule has 0 unspecified atom stereocenters. The van der Waals surface area contributed by atoms with Gasteiger partial charge in [-0.25, -0.2) is 4.98 Å². The highest BCUT2D eigenvalue weighted by Gasteiger charge is 2.12. The molecule has 2 heterocycles. The van der Waals surface area contributed by atoms with E-state index in [1.54, 1.807) is 11.3 Å². The first-order valence-electron chi connectivity index (χ1n) is 9.42. The Labute approximate surface area is 164 Å². The summed E-state index contributed by atoms with van der Waals surface area (Å²) in [6, 6.07) is 18.9. The lowest BCUT2D eigenvalue weighted by molar-refractivity contribution is 0.300. The van der Waals surface area contributed by atoms with Crippen molar-refractivity contribution in [1.82, 2.24) is 9.55 Å². The summed E-state index contributed by atoms with van der Waals surface area (Å²) in [6.45, 7) is 5.90. The Morgan fingerprint density at radius 2 is 1.74 bits per heavy atom. The molecule has 0 spiro atoms. The number of nitrogens with zero attached hydrogens (tertiary/aromatic N) is 2. The molecule has 4 aromatic rings. The minimum atomic E-state index is 0.743. The lowest BCUT2D eigenvalue weighted by Gasteiger charge is -2.12. The average molecular weight is 377 g/mol. The van der Waals surface area contributed by atoms with E-state index >= 15 is 0 Å². The molecule has 0 atom stereocenters. The molecule has 0 bridgehead atoms. The van der Waals surface area contributed by atoms with E-state index < -0.39 is 0 Å². The van der Waals surface area contributed by atoms with Crippen LogP contribution in [0, 0.1) is 13.8 Å². The van der Waals surface area contributed by atoms with Crippen LogP contribution in [0.2, 0.25) is 0 Å². The second kappa shape index (κ2) is 7.97. The summed E-state index contributed by atoms with van der Waals surface area (Å²) in [7, 11) is 0. The third kappa shape index (κ3) is 3.76. The Morgan fingerprint density at radius 3 is 2.52 bits per heavy atom. The normalized spacial score (nSPS) is 11.2. The molecule has 27 heavy (non-hydrogen) atoms. The lowest BCUT2D eigenvalue weighted by Crippen LogP contribution is -2.04. The summed E-state index contributed by atoms with van der Waals surface area (Å²) < 4.78 is 8.40. The first-order chi connectivity index (χ1) is 13.2. The van der Waals surface area contributed by atoms with Crippen molar-refractivity contribution < 1.29 is 4.74 Å². The number of para-hydroxylation sites is 3. The van der Waals surface area contributed by atoms with E-state index in [9.17, 15) is 0 Å². The van der Waals surface area contributed by atoms with Gasteiger partial charge in [0.05, 0.1) is 22.5 Å². The van der Waals surface area contributed by atoms with Gasteiger partial charge in [-0.05, 0) is 61.4 Å². The summed E-state index contributed by atoms with van der Waals surface area (Å²) >= 11 is 1.74. The topological polar surface area (TPSA) is 27.1 Å². The Hall–Kier alpha value is -2.59. The molecular formula is C23H24N2OS. The van der Waals surface area contributed by atoms with Crippen LogP contribution < -0.4 is 4.74 Å². The number of imidazole rings is 1. The number of ether oxygens (including phenoxy) is 1. The van der Waals surface area contributed by atoms with E-state index in [1.165, 1.54) is 21.5 Å². The fraction of sp³-hybridized carbons (Fsp3) is 0.261. The van der Waals surface area contributed by atoms with Gasteiger partial charge >= 0.3 is 0 Å². The maximum Gasteiger partial charge on any atom is 0.151 e. The van der Waals surface area contributed by atoms with Crippen LogP contribution in [0.25, 0.3) is 21.7 Å². The molecule has 0 fully saturated rings. The fourth-order valence-electron chi connectivity index (χ4n) is 3.47. The van der Waals surface area contributed by atoms with E-state index in [0.717, 1.165) is 43.1 Å². The number of benzene rings is 2. The van der Waals surface area contributed by atoms with Crippen molar-refractivity contribution in [3.05, 3.63) is 71.1 Å². The summed E-state index contributed by atoms with van der Waals surface area (Å²) in [5.41, 5.74) is 4.68. The number of aryl methyl sites for hydroxylation is 3. The Kier molecular flexibility index (Phi) is 5.26. The Bertz CT molecular complexity index is 1010. The molecule has 0 amide bonds. The predicted octanol–water partition coefficient (Wildman–Crippen LogP) is 6.24. The molecule has 4 rings (SSSR count). The zero-order chi connectivity index (χ0) is 18.6. The quantitative estimate of drug-likeness (QED) is 0.357. The van der Waals surface area contributed by atoms with Crippen molar-refractivity contribution in [2.24, 2.45) is 0 Å². The van der Waals surface area contributed by atoms with Gasteiger partial charge in [-0.15, -0.1) is 11.3 Å². The Morgan fingerprint density at radius 1 is 0.926 bits per heavy atom. The van der Waals surface area contributed by atoms with Crippen molar-refractivity contribution in [2.45, 2.75) is 33.2 Å². The molecule has 0 N–H and O–H groups in total. The van der Waals surface area contributed by atoms with Gasteiger partial charge in [0.1, 0.15) is 5.75 Å². The van der Waals surface area contributed by atoms with E-state index in [1.807, 2.05) is 0 Å². The van der Waals surface area contributed by atoms with Gasteiger partial charge in [-0.1, -0.05) is 36.4 Å². The maximum atomic E-state index is 6.05. The van der Waals surface area contributed by atoms with Crippen molar-refractivity contribution >= 4 is 22.4 Å². The van der Waals surface area contributed by atoms with Crippen molar-refractivity contribution in [1.29, 1.82) is 0 Å². The Balaban J connectivity index is 1.44. The number of aromatic nitrogens is 2. The van der Waals surface area contributed by atoms with Gasteiger partial charge in [-0.3, -0.25) is 0 Å².